The lowest BCUT2D eigenvalue weighted by Crippen LogP contribution is -2.34. The molecule has 1 N–H and O–H groups in total. The Bertz CT molecular complexity index is 1050. The summed E-state index contributed by atoms with van der Waals surface area (Å²) in [7, 11) is 4.73. The van der Waals surface area contributed by atoms with Gasteiger partial charge in [-0.3, -0.25) is 0 Å². The van der Waals surface area contributed by atoms with E-state index >= 15 is 0 Å². The third-order valence-electron chi connectivity index (χ3n) is 5.22. The maximum Gasteiger partial charge on any atom is 0.322 e. The molecule has 1 fully saturated rings. The minimum Gasteiger partial charge on any atom is -0.497 e. The molecule has 9 heteroatoms. The van der Waals surface area contributed by atoms with Crippen LogP contribution in [0.5, 0.6) is 17.2 Å². The molecule has 9 nitrogen and oxygen atoms in total. The van der Waals surface area contributed by atoms with Gasteiger partial charge in [0.1, 0.15) is 11.8 Å². The lowest BCUT2D eigenvalue weighted by atomic mass is 10.2. The average molecular weight is 424 g/mol. The number of anilines is 1. The molecule has 1 saturated heterocycles. The van der Waals surface area contributed by atoms with Gasteiger partial charge in [-0.15, -0.1) is 0 Å². The number of ether oxygens (including phenoxy) is 3. The fraction of sp³-hybridized carbons (Fsp3) is 0.318. The number of carbonyl (C=O) groups excluding carboxylic acids is 1. The van der Waals surface area contributed by atoms with Crippen molar-refractivity contribution in [3.63, 3.8) is 0 Å². The standard InChI is InChI=1S/C22H24N4O5/c1-28-16-9-6-14(7-10-16)20-24-21(31-25-20)17-5-4-12-26(17)22(27)23-15-8-11-18(29-2)19(13-15)30-3/h6-11,13,17H,4-5,12H2,1-3H3,(H,23,27)/t17-/m1/s1. The monoisotopic (exact) mass is 424 g/mol. The summed E-state index contributed by atoms with van der Waals surface area (Å²) in [5.41, 5.74) is 1.42. The molecule has 0 spiro atoms. The normalized spacial score (nSPS) is 15.6. The number of urea groups is 1. The third kappa shape index (κ3) is 4.25. The number of likely N-dealkylation sites (tertiary alicyclic amines) is 1. The van der Waals surface area contributed by atoms with Gasteiger partial charge in [0, 0.05) is 23.9 Å². The van der Waals surface area contributed by atoms with Gasteiger partial charge in [0.15, 0.2) is 11.5 Å². The van der Waals surface area contributed by atoms with Gasteiger partial charge in [-0.2, -0.15) is 4.98 Å². The van der Waals surface area contributed by atoms with Gasteiger partial charge >= 0.3 is 6.03 Å². The van der Waals surface area contributed by atoms with Gasteiger partial charge in [0.05, 0.1) is 21.3 Å². The van der Waals surface area contributed by atoms with Crippen LogP contribution in [0.15, 0.2) is 47.0 Å². The van der Waals surface area contributed by atoms with Gasteiger partial charge < -0.3 is 29.0 Å². The first-order valence-electron chi connectivity index (χ1n) is 9.90. The van der Waals surface area contributed by atoms with E-state index in [1.807, 2.05) is 24.3 Å². The van der Waals surface area contributed by atoms with Gasteiger partial charge in [0.25, 0.3) is 0 Å². The van der Waals surface area contributed by atoms with Crippen LogP contribution in [-0.2, 0) is 0 Å². The summed E-state index contributed by atoms with van der Waals surface area (Å²) in [5, 5.41) is 7.00. The van der Waals surface area contributed by atoms with Crippen molar-refractivity contribution >= 4 is 11.7 Å². The Kier molecular flexibility index (Phi) is 5.92. The zero-order valence-electron chi connectivity index (χ0n) is 17.6. The highest BCUT2D eigenvalue weighted by atomic mass is 16.5. The van der Waals surface area contributed by atoms with Crippen LogP contribution in [-0.4, -0.2) is 48.9 Å². The predicted molar refractivity (Wildman–Crippen MR) is 114 cm³/mol. The van der Waals surface area contributed by atoms with Crippen molar-refractivity contribution in [2.24, 2.45) is 0 Å². The first-order valence-corrected chi connectivity index (χ1v) is 9.90. The maximum atomic E-state index is 12.9. The molecule has 2 aromatic carbocycles. The van der Waals surface area contributed by atoms with E-state index in [0.717, 1.165) is 24.2 Å². The zero-order chi connectivity index (χ0) is 21.8. The molecule has 1 aliphatic rings. The Hall–Kier alpha value is -3.75. The van der Waals surface area contributed by atoms with Crippen molar-refractivity contribution in [1.82, 2.24) is 15.0 Å². The van der Waals surface area contributed by atoms with Crippen LogP contribution < -0.4 is 19.5 Å². The maximum absolute atomic E-state index is 12.9. The van der Waals surface area contributed by atoms with Crippen molar-refractivity contribution in [3.8, 4) is 28.6 Å². The number of methoxy groups -OCH3 is 3. The number of benzene rings is 2. The van der Waals surface area contributed by atoms with Gasteiger partial charge in [-0.1, -0.05) is 5.16 Å². The summed E-state index contributed by atoms with van der Waals surface area (Å²) >= 11 is 0. The molecule has 2 amide bonds. The Morgan fingerprint density at radius 1 is 1.06 bits per heavy atom. The largest absolute Gasteiger partial charge is 0.497 e. The Balaban J connectivity index is 1.49. The lowest BCUT2D eigenvalue weighted by Gasteiger charge is -2.22. The van der Waals surface area contributed by atoms with Gasteiger partial charge in [-0.25, -0.2) is 4.79 Å². The minimum absolute atomic E-state index is 0.237. The molecule has 162 valence electrons. The molecule has 0 bridgehead atoms. The Labute approximate surface area is 179 Å². The van der Waals surface area contributed by atoms with Crippen LogP contribution in [0, 0.1) is 0 Å². The summed E-state index contributed by atoms with van der Waals surface area (Å²) in [6, 6.07) is 12.1. The number of aromatic nitrogens is 2. The quantitative estimate of drug-likeness (QED) is 0.635. The van der Waals surface area contributed by atoms with E-state index in [1.165, 1.54) is 0 Å². The average Bonchev–Trinajstić information content (AvgIpc) is 3.48. The van der Waals surface area contributed by atoms with E-state index in [0.29, 0.717) is 35.4 Å². The molecule has 4 rings (SSSR count). The second-order valence-corrected chi connectivity index (χ2v) is 7.04. The highest BCUT2D eigenvalue weighted by molar-refractivity contribution is 5.90. The van der Waals surface area contributed by atoms with Crippen LogP contribution in [0.1, 0.15) is 24.8 Å². The summed E-state index contributed by atoms with van der Waals surface area (Å²) in [6.45, 7) is 0.601. The van der Waals surface area contributed by atoms with Crippen LogP contribution in [0.3, 0.4) is 0 Å². The van der Waals surface area contributed by atoms with Gasteiger partial charge in [0.2, 0.25) is 11.7 Å². The van der Waals surface area contributed by atoms with E-state index in [4.69, 9.17) is 18.7 Å². The molecule has 0 aliphatic carbocycles. The highest BCUT2D eigenvalue weighted by Gasteiger charge is 2.34. The Morgan fingerprint density at radius 3 is 2.55 bits per heavy atom. The number of hydrogen-bond donors (Lipinski definition) is 1. The van der Waals surface area contributed by atoms with Crippen LogP contribution in [0.25, 0.3) is 11.4 Å². The van der Waals surface area contributed by atoms with Crippen molar-refractivity contribution < 1.29 is 23.5 Å². The molecule has 0 saturated carbocycles. The smallest absolute Gasteiger partial charge is 0.322 e. The fourth-order valence-corrected chi connectivity index (χ4v) is 3.60. The number of carbonyl (C=O) groups is 1. The molecule has 31 heavy (non-hydrogen) atoms. The zero-order valence-corrected chi connectivity index (χ0v) is 17.6. The molecule has 0 radical (unpaired) electrons. The molecular weight excluding hydrogens is 400 g/mol. The van der Waals surface area contributed by atoms with Crippen LogP contribution >= 0.6 is 0 Å². The molecule has 1 atom stereocenters. The summed E-state index contributed by atoms with van der Waals surface area (Å²) < 4.78 is 21.2. The van der Waals surface area contributed by atoms with Crippen molar-refractivity contribution in [2.75, 3.05) is 33.2 Å². The second kappa shape index (κ2) is 8.95. The van der Waals surface area contributed by atoms with Crippen molar-refractivity contribution in [2.45, 2.75) is 18.9 Å². The molecular formula is C22H24N4O5. The predicted octanol–water partition coefficient (Wildman–Crippen LogP) is 4.13. The number of rotatable bonds is 6. The number of hydrogen-bond acceptors (Lipinski definition) is 7. The SMILES string of the molecule is COc1ccc(-c2noc([C@H]3CCCN3C(=O)Nc3ccc(OC)c(OC)c3)n2)cc1. The van der Waals surface area contributed by atoms with Crippen molar-refractivity contribution in [3.05, 3.63) is 48.4 Å². The number of nitrogens with zero attached hydrogens (tertiary/aromatic N) is 3. The molecule has 3 aromatic rings. The van der Waals surface area contributed by atoms with E-state index in [2.05, 4.69) is 15.5 Å². The van der Waals surface area contributed by atoms with Gasteiger partial charge in [-0.05, 0) is 49.2 Å². The molecule has 0 unspecified atom stereocenters. The summed E-state index contributed by atoms with van der Waals surface area (Å²) in [4.78, 5) is 19.2. The van der Waals surface area contributed by atoms with E-state index in [9.17, 15) is 4.79 Å². The molecule has 1 aromatic heterocycles. The molecule has 1 aliphatic heterocycles. The van der Waals surface area contributed by atoms with Crippen LogP contribution in [0.2, 0.25) is 0 Å². The molecule has 2 heterocycles. The topological polar surface area (TPSA) is 99.0 Å². The minimum atomic E-state index is -0.278. The highest BCUT2D eigenvalue weighted by Crippen LogP contribution is 2.34. The van der Waals surface area contributed by atoms with Crippen molar-refractivity contribution in [1.29, 1.82) is 0 Å². The van der Waals surface area contributed by atoms with E-state index in [1.54, 1.807) is 44.4 Å². The van der Waals surface area contributed by atoms with Crippen LogP contribution in [0.4, 0.5) is 10.5 Å². The first kappa shape index (κ1) is 20.5. The number of nitrogens with one attached hydrogen (secondary N) is 1. The van der Waals surface area contributed by atoms with E-state index < -0.39 is 0 Å². The second-order valence-electron chi connectivity index (χ2n) is 7.04. The summed E-state index contributed by atoms with van der Waals surface area (Å²) in [5.74, 6) is 2.78. The lowest BCUT2D eigenvalue weighted by molar-refractivity contribution is 0.193. The third-order valence-corrected chi connectivity index (χ3v) is 5.22. The number of amides is 2. The first-order chi connectivity index (χ1) is 15.1. The van der Waals surface area contributed by atoms with E-state index in [-0.39, 0.29) is 12.1 Å². The Morgan fingerprint density at radius 2 is 1.84 bits per heavy atom. The summed E-state index contributed by atoms with van der Waals surface area (Å²) in [6.07, 6.45) is 1.61. The fourth-order valence-electron chi connectivity index (χ4n) is 3.60.